The first kappa shape index (κ1) is 14.4. The average molecular weight is 217 g/mol. The molecule has 0 aliphatic rings. The van der Waals surface area contributed by atoms with Crippen molar-refractivity contribution in [2.24, 2.45) is 0 Å². The zero-order valence-corrected chi connectivity index (χ0v) is 10.8. The highest BCUT2D eigenvalue weighted by atomic mass is 16.5. The van der Waals surface area contributed by atoms with Crippen molar-refractivity contribution in [2.45, 2.75) is 58.3 Å². The van der Waals surface area contributed by atoms with Gasteiger partial charge in [-0.2, -0.15) is 0 Å². The van der Waals surface area contributed by atoms with Crippen LogP contribution in [0, 0.1) is 0 Å². The quantitative estimate of drug-likeness (QED) is 0.740. The summed E-state index contributed by atoms with van der Waals surface area (Å²) in [5.41, 5.74) is -2.59. The Morgan fingerprint density at radius 3 is 1.80 bits per heavy atom. The Morgan fingerprint density at radius 2 is 1.53 bits per heavy atom. The van der Waals surface area contributed by atoms with Crippen LogP contribution in [0.4, 0.5) is 0 Å². The molecule has 0 fully saturated rings. The van der Waals surface area contributed by atoms with Gasteiger partial charge < -0.3 is 15.2 Å². The summed E-state index contributed by atoms with van der Waals surface area (Å²) >= 11 is 0. The van der Waals surface area contributed by atoms with E-state index >= 15 is 0 Å². The first-order valence-corrected chi connectivity index (χ1v) is 5.04. The van der Waals surface area contributed by atoms with Gasteiger partial charge in [-0.25, -0.2) is 0 Å². The molecule has 0 aromatic carbocycles. The maximum Gasteiger partial charge on any atom is 0.252 e. The number of carbonyl (C=O) groups is 1. The zero-order chi connectivity index (χ0) is 12.5. The predicted molar refractivity (Wildman–Crippen MR) is 59.6 cm³/mol. The van der Waals surface area contributed by atoms with Gasteiger partial charge in [0.2, 0.25) is 0 Å². The molecule has 1 amide bonds. The number of amides is 1. The van der Waals surface area contributed by atoms with Gasteiger partial charge in [0.15, 0.2) is 0 Å². The van der Waals surface area contributed by atoms with Gasteiger partial charge in [0.1, 0.15) is 5.60 Å². The van der Waals surface area contributed by atoms with Gasteiger partial charge in [0.05, 0.1) is 11.1 Å². The van der Waals surface area contributed by atoms with E-state index in [0.29, 0.717) is 0 Å². The summed E-state index contributed by atoms with van der Waals surface area (Å²) < 4.78 is 5.06. The monoisotopic (exact) mass is 217 g/mol. The van der Waals surface area contributed by atoms with Gasteiger partial charge in [0, 0.05) is 7.11 Å². The molecular weight excluding hydrogens is 194 g/mol. The highest BCUT2D eigenvalue weighted by molar-refractivity contribution is 5.85. The molecule has 4 heteroatoms. The number of methoxy groups -OCH3 is 1. The van der Waals surface area contributed by atoms with Crippen molar-refractivity contribution in [3.8, 4) is 0 Å². The van der Waals surface area contributed by atoms with Crippen LogP contribution in [0.1, 0.15) is 41.5 Å². The van der Waals surface area contributed by atoms with E-state index in [9.17, 15) is 9.90 Å². The van der Waals surface area contributed by atoms with Crippen LogP contribution in [0.3, 0.4) is 0 Å². The summed E-state index contributed by atoms with van der Waals surface area (Å²) in [6.45, 7) is 10.2. The molecule has 0 saturated carbocycles. The molecule has 0 bridgehead atoms. The van der Waals surface area contributed by atoms with Crippen molar-refractivity contribution in [1.29, 1.82) is 0 Å². The van der Waals surface area contributed by atoms with Crippen LogP contribution in [0.15, 0.2) is 0 Å². The van der Waals surface area contributed by atoms with Crippen molar-refractivity contribution in [3.05, 3.63) is 0 Å². The highest BCUT2D eigenvalue weighted by Crippen LogP contribution is 2.22. The molecule has 0 atom stereocenters. The second-order valence-corrected chi connectivity index (χ2v) is 5.35. The molecule has 0 unspecified atom stereocenters. The van der Waals surface area contributed by atoms with Crippen molar-refractivity contribution in [1.82, 2.24) is 5.32 Å². The number of ether oxygens (including phenoxy) is 1. The molecule has 90 valence electrons. The lowest BCUT2D eigenvalue weighted by Crippen LogP contribution is -2.61. The Morgan fingerprint density at radius 1 is 1.13 bits per heavy atom. The third-order valence-corrected chi connectivity index (χ3v) is 3.01. The maximum atomic E-state index is 11.8. The summed E-state index contributed by atoms with van der Waals surface area (Å²) in [5, 5.41) is 12.7. The van der Waals surface area contributed by atoms with Gasteiger partial charge in [-0.3, -0.25) is 4.79 Å². The highest BCUT2D eigenvalue weighted by Gasteiger charge is 2.39. The molecule has 0 rings (SSSR count). The Bertz CT molecular complexity index is 239. The number of hydrogen-bond acceptors (Lipinski definition) is 3. The lowest BCUT2D eigenvalue weighted by atomic mass is 9.85. The lowest BCUT2D eigenvalue weighted by Gasteiger charge is -2.39. The Kier molecular flexibility index (Phi) is 3.93. The van der Waals surface area contributed by atoms with Gasteiger partial charge >= 0.3 is 0 Å². The maximum absolute atomic E-state index is 11.8. The van der Waals surface area contributed by atoms with Crippen molar-refractivity contribution in [3.63, 3.8) is 0 Å². The summed E-state index contributed by atoms with van der Waals surface area (Å²) in [6.07, 6.45) is 0. The molecule has 0 saturated heterocycles. The van der Waals surface area contributed by atoms with Crippen molar-refractivity contribution < 1.29 is 14.6 Å². The third kappa shape index (κ3) is 3.47. The predicted octanol–water partition coefficient (Wildman–Crippen LogP) is 1.08. The van der Waals surface area contributed by atoms with E-state index in [2.05, 4.69) is 5.32 Å². The summed E-state index contributed by atoms with van der Waals surface area (Å²) in [7, 11) is 1.48. The third-order valence-electron chi connectivity index (χ3n) is 3.01. The normalized spacial score (nSPS) is 13.9. The van der Waals surface area contributed by atoms with Crippen LogP contribution >= 0.6 is 0 Å². The van der Waals surface area contributed by atoms with Gasteiger partial charge in [-0.15, -0.1) is 0 Å². The molecule has 0 spiro atoms. The standard InChI is InChI=1S/C11H23NO3/c1-9(2,15-7)8(13)12-10(3,4)11(5,6)14/h14H,1-7H3,(H,12,13). The second-order valence-electron chi connectivity index (χ2n) is 5.35. The van der Waals surface area contributed by atoms with Crippen LogP contribution in [-0.2, 0) is 9.53 Å². The van der Waals surface area contributed by atoms with E-state index in [1.165, 1.54) is 7.11 Å². The number of hydrogen-bond donors (Lipinski definition) is 2. The molecular formula is C11H23NO3. The first-order valence-electron chi connectivity index (χ1n) is 5.04. The minimum atomic E-state index is -0.994. The summed E-state index contributed by atoms with van der Waals surface area (Å²) in [4.78, 5) is 11.8. The second kappa shape index (κ2) is 4.10. The van der Waals surface area contributed by atoms with Crippen LogP contribution < -0.4 is 5.32 Å². The van der Waals surface area contributed by atoms with E-state index in [1.54, 1.807) is 41.5 Å². The smallest absolute Gasteiger partial charge is 0.252 e. The van der Waals surface area contributed by atoms with Crippen LogP contribution in [0.25, 0.3) is 0 Å². The molecule has 15 heavy (non-hydrogen) atoms. The van der Waals surface area contributed by atoms with Gasteiger partial charge in [0.25, 0.3) is 5.91 Å². The van der Waals surface area contributed by atoms with E-state index in [1.807, 2.05) is 0 Å². The molecule has 0 heterocycles. The number of carbonyl (C=O) groups excluding carboxylic acids is 1. The largest absolute Gasteiger partial charge is 0.388 e. The Balaban J connectivity index is 4.70. The van der Waals surface area contributed by atoms with E-state index in [0.717, 1.165) is 0 Å². The van der Waals surface area contributed by atoms with Crippen LogP contribution in [0.2, 0.25) is 0 Å². The molecule has 0 aromatic rings. The van der Waals surface area contributed by atoms with Crippen molar-refractivity contribution in [2.75, 3.05) is 7.11 Å². The molecule has 2 N–H and O–H groups in total. The van der Waals surface area contributed by atoms with Crippen LogP contribution in [0.5, 0.6) is 0 Å². The number of rotatable bonds is 4. The Hall–Kier alpha value is -0.610. The lowest BCUT2D eigenvalue weighted by molar-refractivity contribution is -0.144. The van der Waals surface area contributed by atoms with E-state index in [-0.39, 0.29) is 5.91 Å². The fourth-order valence-electron chi connectivity index (χ4n) is 0.680. The molecule has 0 radical (unpaired) electrons. The minimum Gasteiger partial charge on any atom is -0.388 e. The van der Waals surface area contributed by atoms with Gasteiger partial charge in [-0.05, 0) is 41.5 Å². The Labute approximate surface area is 92.0 Å². The fourth-order valence-corrected chi connectivity index (χ4v) is 0.680. The fraction of sp³-hybridized carbons (Fsp3) is 0.909. The molecule has 0 aliphatic heterocycles. The number of aliphatic hydroxyl groups is 1. The summed E-state index contributed by atoms with van der Waals surface area (Å²) in [5.74, 6) is -0.239. The SMILES string of the molecule is COC(C)(C)C(=O)NC(C)(C)C(C)(C)O. The average Bonchev–Trinajstić information content (AvgIpc) is 2.01. The van der Waals surface area contributed by atoms with E-state index in [4.69, 9.17) is 4.74 Å². The van der Waals surface area contributed by atoms with Crippen LogP contribution in [-0.4, -0.2) is 34.9 Å². The van der Waals surface area contributed by atoms with Crippen molar-refractivity contribution >= 4 is 5.91 Å². The van der Waals surface area contributed by atoms with E-state index < -0.39 is 16.7 Å². The summed E-state index contributed by atoms with van der Waals surface area (Å²) in [6, 6.07) is 0. The minimum absolute atomic E-state index is 0.239. The first-order chi connectivity index (χ1) is 6.44. The number of nitrogens with one attached hydrogen (secondary N) is 1. The van der Waals surface area contributed by atoms with Gasteiger partial charge in [-0.1, -0.05) is 0 Å². The molecule has 0 aromatic heterocycles. The molecule has 4 nitrogen and oxygen atoms in total. The molecule has 0 aliphatic carbocycles. The topological polar surface area (TPSA) is 58.6 Å². The zero-order valence-electron chi connectivity index (χ0n) is 10.8.